The van der Waals surface area contributed by atoms with Crippen molar-refractivity contribution in [3.63, 3.8) is 0 Å². The van der Waals surface area contributed by atoms with Gasteiger partial charge in [-0.05, 0) is 57.9 Å². The van der Waals surface area contributed by atoms with E-state index in [-0.39, 0.29) is 31.2 Å². The van der Waals surface area contributed by atoms with Gasteiger partial charge in [-0.25, -0.2) is 9.18 Å². The van der Waals surface area contributed by atoms with Crippen molar-refractivity contribution in [2.45, 2.75) is 52.2 Å². The van der Waals surface area contributed by atoms with Gasteiger partial charge in [-0.2, -0.15) is 0 Å². The number of ether oxygens (including phenoxy) is 1. The summed E-state index contributed by atoms with van der Waals surface area (Å²) in [7, 11) is 0. The summed E-state index contributed by atoms with van der Waals surface area (Å²) >= 11 is 0. The van der Waals surface area contributed by atoms with Gasteiger partial charge >= 0.3 is 6.09 Å². The van der Waals surface area contributed by atoms with E-state index < -0.39 is 23.6 Å². The number of ketones is 1. The quantitative estimate of drug-likeness (QED) is 0.815. The Balaban J connectivity index is 1.99. The molecule has 1 aliphatic heterocycles. The number of rotatable bonds is 5. The number of nitrogens with one attached hydrogen (secondary N) is 1. The van der Waals surface area contributed by atoms with Crippen molar-refractivity contribution < 1.29 is 23.5 Å². The Morgan fingerprint density at radius 3 is 2.65 bits per heavy atom. The lowest BCUT2D eigenvalue weighted by atomic mass is 9.98. The van der Waals surface area contributed by atoms with Crippen molar-refractivity contribution in [1.29, 1.82) is 0 Å². The highest BCUT2D eigenvalue weighted by Crippen LogP contribution is 2.23. The number of Topliss-reactive ketones (excluding diaryl/α,β-unsaturated/α-hetero) is 1. The molecule has 26 heavy (non-hydrogen) atoms. The van der Waals surface area contributed by atoms with Crippen LogP contribution in [0, 0.1) is 12.7 Å². The number of hydrogen-bond donors (Lipinski definition) is 1. The molecule has 2 rings (SSSR count). The number of likely N-dealkylation sites (tertiary alicyclic amines) is 1. The van der Waals surface area contributed by atoms with Crippen LogP contribution < -0.4 is 5.32 Å². The maximum Gasteiger partial charge on any atom is 0.407 e. The van der Waals surface area contributed by atoms with Gasteiger partial charge in [-0.1, -0.05) is 0 Å². The lowest BCUT2D eigenvalue weighted by molar-refractivity contribution is -0.128. The highest BCUT2D eigenvalue weighted by atomic mass is 19.1. The molecule has 2 amide bonds. The number of aryl methyl sites for hydroxylation is 1. The van der Waals surface area contributed by atoms with E-state index in [1.165, 1.54) is 23.1 Å². The smallest absolute Gasteiger partial charge is 0.407 e. The van der Waals surface area contributed by atoms with E-state index in [0.29, 0.717) is 17.5 Å². The Morgan fingerprint density at radius 2 is 2.04 bits per heavy atom. The van der Waals surface area contributed by atoms with Crippen LogP contribution in [-0.2, 0) is 9.53 Å². The van der Waals surface area contributed by atoms with Crippen molar-refractivity contribution in [2.75, 3.05) is 13.1 Å². The van der Waals surface area contributed by atoms with Crippen LogP contribution in [0.25, 0.3) is 0 Å². The molecule has 0 aromatic heterocycles. The second-order valence-electron chi connectivity index (χ2n) is 7.39. The highest BCUT2D eigenvalue weighted by molar-refractivity contribution is 6.04. The van der Waals surface area contributed by atoms with E-state index in [0.717, 1.165) is 0 Å². The molecule has 0 saturated carbocycles. The van der Waals surface area contributed by atoms with Crippen molar-refractivity contribution in [3.05, 3.63) is 35.1 Å². The number of carbonyl (C=O) groups excluding carboxylic acids is 3. The minimum Gasteiger partial charge on any atom is -0.444 e. The Kier molecular flexibility index (Phi) is 6.00. The molecule has 6 nitrogen and oxygen atoms in total. The predicted molar refractivity (Wildman–Crippen MR) is 94.4 cm³/mol. The molecule has 1 unspecified atom stereocenters. The molecule has 1 aromatic carbocycles. The minimum absolute atomic E-state index is 0.130. The predicted octanol–water partition coefficient (Wildman–Crippen LogP) is 2.83. The maximum atomic E-state index is 13.3. The van der Waals surface area contributed by atoms with Crippen molar-refractivity contribution in [2.24, 2.45) is 0 Å². The summed E-state index contributed by atoms with van der Waals surface area (Å²) in [6, 6.07) is 3.41. The fraction of sp³-hybridized carbons (Fsp3) is 0.526. The molecular formula is C19H25FN2O4. The largest absolute Gasteiger partial charge is 0.444 e. The van der Waals surface area contributed by atoms with E-state index in [1.807, 2.05) is 0 Å². The normalized spacial score (nSPS) is 17.3. The van der Waals surface area contributed by atoms with Gasteiger partial charge in [-0.15, -0.1) is 0 Å². The minimum atomic E-state index is -0.605. The standard InChI is InChI=1S/C19H25FN2O4/c1-12-11-13(20)5-6-14(12)17(24)15-7-8-16(23)22(15)10-9-21-18(25)26-19(2,3)4/h5-6,11,15H,7-10H2,1-4H3,(H,21,25). The molecule has 1 atom stereocenters. The first kappa shape index (κ1) is 19.9. The molecule has 1 N–H and O–H groups in total. The third-order valence-corrected chi connectivity index (χ3v) is 4.11. The molecule has 0 radical (unpaired) electrons. The van der Waals surface area contributed by atoms with E-state index >= 15 is 0 Å². The fourth-order valence-electron chi connectivity index (χ4n) is 2.96. The fourth-order valence-corrected chi connectivity index (χ4v) is 2.96. The molecule has 1 aliphatic rings. The van der Waals surface area contributed by atoms with Crippen LogP contribution >= 0.6 is 0 Å². The van der Waals surface area contributed by atoms with Crippen LogP contribution in [0.2, 0.25) is 0 Å². The molecule has 1 fully saturated rings. The number of hydrogen-bond acceptors (Lipinski definition) is 4. The molecular weight excluding hydrogens is 339 g/mol. The maximum absolute atomic E-state index is 13.3. The molecule has 1 saturated heterocycles. The second-order valence-corrected chi connectivity index (χ2v) is 7.39. The number of halogens is 1. The third kappa shape index (κ3) is 5.03. The van der Waals surface area contributed by atoms with Crippen molar-refractivity contribution in [1.82, 2.24) is 10.2 Å². The molecule has 1 aromatic rings. The SMILES string of the molecule is Cc1cc(F)ccc1C(=O)C1CCC(=O)N1CCNC(=O)OC(C)(C)C. The number of alkyl carbamates (subject to hydrolysis) is 1. The van der Waals surface area contributed by atoms with Crippen molar-refractivity contribution >= 4 is 17.8 Å². The van der Waals surface area contributed by atoms with Gasteiger partial charge in [0, 0.05) is 25.1 Å². The van der Waals surface area contributed by atoms with E-state index in [2.05, 4.69) is 5.32 Å². The molecule has 142 valence electrons. The lowest BCUT2D eigenvalue weighted by Crippen LogP contribution is -2.44. The summed E-state index contributed by atoms with van der Waals surface area (Å²) in [5.74, 6) is -0.736. The van der Waals surface area contributed by atoms with Gasteiger partial charge in [0.25, 0.3) is 0 Å². The molecule has 0 bridgehead atoms. The van der Waals surface area contributed by atoms with Crippen LogP contribution in [0.4, 0.5) is 9.18 Å². The van der Waals surface area contributed by atoms with Crippen LogP contribution in [0.3, 0.4) is 0 Å². The summed E-state index contributed by atoms with van der Waals surface area (Å²) in [6.45, 7) is 7.35. The molecule has 1 heterocycles. The average molecular weight is 364 g/mol. The van der Waals surface area contributed by atoms with Gasteiger partial charge in [0.2, 0.25) is 5.91 Å². The van der Waals surface area contributed by atoms with Gasteiger partial charge in [0.05, 0.1) is 6.04 Å². The summed E-state index contributed by atoms with van der Waals surface area (Å²) in [6.07, 6.45) is 0.130. The molecule has 7 heteroatoms. The van der Waals surface area contributed by atoms with Crippen LogP contribution in [0.5, 0.6) is 0 Å². The lowest BCUT2D eigenvalue weighted by Gasteiger charge is -2.25. The van der Waals surface area contributed by atoms with Gasteiger partial charge in [-0.3, -0.25) is 9.59 Å². The summed E-state index contributed by atoms with van der Waals surface area (Å²) in [5, 5.41) is 2.59. The first-order chi connectivity index (χ1) is 12.1. The summed E-state index contributed by atoms with van der Waals surface area (Å²) < 4.78 is 18.4. The summed E-state index contributed by atoms with van der Waals surface area (Å²) in [5.41, 5.74) is 0.351. The summed E-state index contributed by atoms with van der Waals surface area (Å²) in [4.78, 5) is 38.1. The zero-order valence-electron chi connectivity index (χ0n) is 15.6. The third-order valence-electron chi connectivity index (χ3n) is 4.11. The van der Waals surface area contributed by atoms with Gasteiger partial charge in [0.15, 0.2) is 5.78 Å². The Labute approximate surface area is 152 Å². The zero-order chi connectivity index (χ0) is 19.5. The van der Waals surface area contributed by atoms with Gasteiger partial charge in [0.1, 0.15) is 11.4 Å². The first-order valence-corrected chi connectivity index (χ1v) is 8.65. The van der Waals surface area contributed by atoms with Crippen LogP contribution in [0.1, 0.15) is 49.5 Å². The monoisotopic (exact) mass is 364 g/mol. The molecule has 0 aliphatic carbocycles. The zero-order valence-corrected chi connectivity index (χ0v) is 15.6. The Hall–Kier alpha value is -2.44. The first-order valence-electron chi connectivity index (χ1n) is 8.65. The Morgan fingerprint density at radius 1 is 1.35 bits per heavy atom. The second kappa shape index (κ2) is 7.85. The van der Waals surface area contributed by atoms with E-state index in [1.54, 1.807) is 27.7 Å². The topological polar surface area (TPSA) is 75.7 Å². The number of nitrogens with zero attached hydrogens (tertiary/aromatic N) is 1. The van der Waals surface area contributed by atoms with Gasteiger partial charge < -0.3 is 15.0 Å². The Bertz CT molecular complexity index is 712. The van der Waals surface area contributed by atoms with E-state index in [4.69, 9.17) is 4.74 Å². The van der Waals surface area contributed by atoms with E-state index in [9.17, 15) is 18.8 Å². The van der Waals surface area contributed by atoms with Crippen LogP contribution in [-0.4, -0.2) is 47.4 Å². The average Bonchev–Trinajstić information content (AvgIpc) is 2.86. The molecule has 0 spiro atoms. The van der Waals surface area contributed by atoms with Crippen molar-refractivity contribution in [3.8, 4) is 0 Å². The number of carbonyl (C=O) groups is 3. The number of amides is 2. The van der Waals surface area contributed by atoms with Crippen LogP contribution in [0.15, 0.2) is 18.2 Å². The number of benzene rings is 1. The highest BCUT2D eigenvalue weighted by Gasteiger charge is 2.36.